The van der Waals surface area contributed by atoms with Gasteiger partial charge >= 0.3 is 6.09 Å². The lowest BCUT2D eigenvalue weighted by atomic mass is 10.1. The zero-order chi connectivity index (χ0) is 24.9. The van der Waals surface area contributed by atoms with Gasteiger partial charge in [0, 0.05) is 47.6 Å². The number of ether oxygens (including phenoxy) is 2. The van der Waals surface area contributed by atoms with E-state index in [1.165, 1.54) is 17.8 Å². The summed E-state index contributed by atoms with van der Waals surface area (Å²) in [7, 11) is 3.05. The maximum atomic E-state index is 12.4. The molecule has 178 valence electrons. The largest absolute Gasteiger partial charge is 0.496 e. The van der Waals surface area contributed by atoms with Crippen LogP contribution in [0, 0.1) is 0 Å². The molecule has 0 aliphatic rings. The second kappa shape index (κ2) is 10.1. The molecule has 1 amide bonds. The fourth-order valence-corrected chi connectivity index (χ4v) is 3.62. The number of fused-ring (bicyclic) bond motifs is 1. The number of pyridine rings is 1. The van der Waals surface area contributed by atoms with Crippen molar-refractivity contribution in [2.45, 2.75) is 6.54 Å². The third kappa shape index (κ3) is 4.98. The second-order valence-corrected chi connectivity index (χ2v) is 7.64. The molecule has 9 nitrogen and oxygen atoms in total. The summed E-state index contributed by atoms with van der Waals surface area (Å²) < 4.78 is 12.7. The Morgan fingerprint density at radius 1 is 1.17 bits per heavy atom. The summed E-state index contributed by atoms with van der Waals surface area (Å²) in [5.74, 6) is 1.29. The van der Waals surface area contributed by atoms with Gasteiger partial charge in [-0.2, -0.15) is 5.10 Å². The monoisotopic (exact) mass is 472 g/mol. The van der Waals surface area contributed by atoms with Gasteiger partial charge in [0.1, 0.15) is 18.1 Å². The Bertz CT molecular complexity index is 1460. The molecule has 9 heteroatoms. The van der Waals surface area contributed by atoms with Crippen molar-refractivity contribution in [1.29, 1.82) is 0 Å². The molecule has 2 heterocycles. The fraction of sp³-hybridized carbons (Fsp3) is 0.154. The third-order valence-electron chi connectivity index (χ3n) is 5.52. The van der Waals surface area contributed by atoms with Crippen molar-refractivity contribution in [2.75, 3.05) is 25.7 Å². The fourth-order valence-electron chi connectivity index (χ4n) is 3.62. The van der Waals surface area contributed by atoms with Crippen molar-refractivity contribution in [3.8, 4) is 22.8 Å². The molecule has 0 aliphatic heterocycles. The quantitative estimate of drug-likeness (QED) is 0.407. The Labute approximate surface area is 201 Å². The molecule has 2 aromatic heterocycles. The predicted molar refractivity (Wildman–Crippen MR) is 134 cm³/mol. The van der Waals surface area contributed by atoms with Crippen LogP contribution in [-0.4, -0.2) is 46.7 Å². The minimum atomic E-state index is -1.07. The molecular formula is C26H24N4O5. The summed E-state index contributed by atoms with van der Waals surface area (Å²) >= 11 is 0. The molecule has 35 heavy (non-hydrogen) atoms. The van der Waals surface area contributed by atoms with Crippen molar-refractivity contribution >= 4 is 28.8 Å². The van der Waals surface area contributed by atoms with E-state index in [0.29, 0.717) is 34.0 Å². The van der Waals surface area contributed by atoms with Crippen LogP contribution in [0.25, 0.3) is 28.2 Å². The van der Waals surface area contributed by atoms with Crippen LogP contribution in [0.5, 0.6) is 11.5 Å². The lowest BCUT2D eigenvalue weighted by Gasteiger charge is -2.14. The van der Waals surface area contributed by atoms with Gasteiger partial charge in [0.25, 0.3) is 5.56 Å². The van der Waals surface area contributed by atoms with Crippen molar-refractivity contribution in [3.05, 3.63) is 83.3 Å². The Balaban J connectivity index is 1.55. The van der Waals surface area contributed by atoms with Gasteiger partial charge in [-0.1, -0.05) is 24.8 Å². The van der Waals surface area contributed by atoms with Crippen LogP contribution in [0.3, 0.4) is 0 Å². The molecule has 0 atom stereocenters. The molecule has 4 aromatic rings. The van der Waals surface area contributed by atoms with E-state index < -0.39 is 6.09 Å². The molecule has 2 aromatic carbocycles. The number of nitrogens with zero attached hydrogens (tertiary/aromatic N) is 4. The van der Waals surface area contributed by atoms with Crippen LogP contribution in [0.1, 0.15) is 5.56 Å². The first-order chi connectivity index (χ1) is 16.9. The molecule has 0 spiro atoms. The Hall–Kier alpha value is -4.66. The maximum Gasteiger partial charge on any atom is 0.411 e. The van der Waals surface area contributed by atoms with E-state index in [4.69, 9.17) is 9.47 Å². The maximum absolute atomic E-state index is 12.4. The van der Waals surface area contributed by atoms with Crippen LogP contribution in [0.15, 0.2) is 72.2 Å². The SMILES string of the molecule is C=Cc1cc2c(OCCn3nc(-c4cccc(N(C)C(=O)O)c4)ccc3=O)ccnc2cc1OC. The molecule has 1 N–H and O–H groups in total. The Morgan fingerprint density at radius 3 is 2.74 bits per heavy atom. The Kier molecular flexibility index (Phi) is 6.77. The number of carboxylic acid groups (broad SMARTS) is 1. The van der Waals surface area contributed by atoms with Gasteiger partial charge in [0.05, 0.1) is 24.9 Å². The van der Waals surface area contributed by atoms with E-state index in [0.717, 1.165) is 15.8 Å². The van der Waals surface area contributed by atoms with Crippen molar-refractivity contribution in [3.63, 3.8) is 0 Å². The molecule has 0 saturated carbocycles. The molecule has 0 aliphatic carbocycles. The van der Waals surface area contributed by atoms with E-state index in [-0.39, 0.29) is 18.7 Å². The highest BCUT2D eigenvalue weighted by molar-refractivity contribution is 5.89. The van der Waals surface area contributed by atoms with Crippen molar-refractivity contribution in [1.82, 2.24) is 14.8 Å². The number of hydrogen-bond acceptors (Lipinski definition) is 6. The molecule has 0 unspecified atom stereocenters. The van der Waals surface area contributed by atoms with Crippen LogP contribution < -0.4 is 19.9 Å². The number of benzene rings is 2. The Morgan fingerprint density at radius 2 is 2.00 bits per heavy atom. The van der Waals surface area contributed by atoms with Crippen LogP contribution in [0.2, 0.25) is 0 Å². The smallest absolute Gasteiger partial charge is 0.411 e. The van der Waals surface area contributed by atoms with Gasteiger partial charge in [-0.05, 0) is 30.3 Å². The molecular weight excluding hydrogens is 448 g/mol. The number of hydrogen-bond donors (Lipinski definition) is 1. The second-order valence-electron chi connectivity index (χ2n) is 7.64. The van der Waals surface area contributed by atoms with E-state index >= 15 is 0 Å². The summed E-state index contributed by atoms with van der Waals surface area (Å²) in [4.78, 5) is 29.2. The van der Waals surface area contributed by atoms with Crippen LogP contribution in [0.4, 0.5) is 10.5 Å². The lowest BCUT2D eigenvalue weighted by molar-refractivity contribution is 0.203. The molecule has 0 saturated heterocycles. The number of anilines is 1. The van der Waals surface area contributed by atoms with Gasteiger partial charge in [-0.25, -0.2) is 9.48 Å². The normalized spacial score (nSPS) is 10.7. The molecule has 4 rings (SSSR count). The molecule has 0 bridgehead atoms. The van der Waals surface area contributed by atoms with Crippen LogP contribution >= 0.6 is 0 Å². The first-order valence-corrected chi connectivity index (χ1v) is 10.8. The standard InChI is InChI=1S/C26H24N4O5/c1-4-17-15-20-22(16-24(17)34-3)27-11-10-23(20)35-13-12-30-25(31)9-8-21(28-30)18-6-5-7-19(14-18)29(2)26(32)33/h4-11,14-16H,1,12-13H2,2-3H3,(H,32,33). The molecule has 0 radical (unpaired) electrons. The number of methoxy groups -OCH3 is 1. The predicted octanol–water partition coefficient (Wildman–Crippen LogP) is 4.30. The van der Waals surface area contributed by atoms with Crippen molar-refractivity contribution < 1.29 is 19.4 Å². The van der Waals surface area contributed by atoms with Gasteiger partial charge < -0.3 is 14.6 Å². The van der Waals surface area contributed by atoms with Gasteiger partial charge in [0.15, 0.2) is 0 Å². The minimum absolute atomic E-state index is 0.201. The first-order valence-electron chi connectivity index (χ1n) is 10.8. The number of aromatic nitrogens is 3. The number of amides is 1. The lowest BCUT2D eigenvalue weighted by Crippen LogP contribution is -2.25. The highest BCUT2D eigenvalue weighted by Gasteiger charge is 2.12. The third-order valence-corrected chi connectivity index (χ3v) is 5.52. The average molecular weight is 473 g/mol. The average Bonchev–Trinajstić information content (AvgIpc) is 2.88. The summed E-state index contributed by atoms with van der Waals surface area (Å²) in [5.41, 5.74) is 3.00. The first kappa shape index (κ1) is 23.5. The zero-order valence-corrected chi connectivity index (χ0v) is 19.3. The summed E-state index contributed by atoms with van der Waals surface area (Å²) in [6.07, 6.45) is 2.28. The topological polar surface area (TPSA) is 107 Å². The summed E-state index contributed by atoms with van der Waals surface area (Å²) in [6, 6.07) is 15.5. The van der Waals surface area contributed by atoms with E-state index in [2.05, 4.69) is 16.7 Å². The van der Waals surface area contributed by atoms with Crippen molar-refractivity contribution in [2.24, 2.45) is 0 Å². The molecule has 0 fully saturated rings. The van der Waals surface area contributed by atoms with Gasteiger partial charge in [-0.15, -0.1) is 0 Å². The van der Waals surface area contributed by atoms with Gasteiger partial charge in [0.2, 0.25) is 0 Å². The van der Waals surface area contributed by atoms with Gasteiger partial charge in [-0.3, -0.25) is 14.7 Å². The highest BCUT2D eigenvalue weighted by atomic mass is 16.5. The summed E-state index contributed by atoms with van der Waals surface area (Å²) in [5, 5.41) is 14.5. The zero-order valence-electron chi connectivity index (χ0n) is 19.3. The number of rotatable bonds is 8. The number of carbonyl (C=O) groups is 1. The van der Waals surface area contributed by atoms with Crippen LogP contribution in [-0.2, 0) is 6.54 Å². The van der Waals surface area contributed by atoms with E-state index in [1.54, 1.807) is 55.8 Å². The van der Waals surface area contributed by atoms with E-state index in [9.17, 15) is 14.7 Å². The minimum Gasteiger partial charge on any atom is -0.496 e. The highest BCUT2D eigenvalue weighted by Crippen LogP contribution is 2.31. The summed E-state index contributed by atoms with van der Waals surface area (Å²) in [6.45, 7) is 4.24. The van der Waals surface area contributed by atoms with E-state index in [1.807, 2.05) is 12.1 Å².